The average molecular weight is 217 g/mol. The highest BCUT2D eigenvalue weighted by Gasteiger charge is 2.02. The molecule has 1 aromatic carbocycles. The molecule has 2 rings (SSSR count). The molecule has 1 heterocycles. The van der Waals surface area contributed by atoms with Gasteiger partial charge in [0.1, 0.15) is 5.69 Å². The number of rotatable bonds is 3. The van der Waals surface area contributed by atoms with Crippen LogP contribution >= 0.6 is 11.3 Å². The zero-order chi connectivity index (χ0) is 10.7. The van der Waals surface area contributed by atoms with Crippen LogP contribution in [0.25, 0.3) is 0 Å². The van der Waals surface area contributed by atoms with Gasteiger partial charge in [-0.1, -0.05) is 29.8 Å². The van der Waals surface area contributed by atoms with E-state index in [0.717, 1.165) is 17.7 Å². The van der Waals surface area contributed by atoms with Crippen LogP contribution in [-0.2, 0) is 6.42 Å². The molecule has 0 aliphatic carbocycles. The topological polar surface area (TPSA) is 30.0 Å². The molecule has 0 N–H and O–H groups in total. The van der Waals surface area contributed by atoms with Gasteiger partial charge in [-0.3, -0.25) is 4.79 Å². The molecular formula is C12H11NOS. The van der Waals surface area contributed by atoms with Gasteiger partial charge in [0.2, 0.25) is 0 Å². The summed E-state index contributed by atoms with van der Waals surface area (Å²) in [6, 6.07) is 8.33. The van der Waals surface area contributed by atoms with Crippen LogP contribution in [0.2, 0.25) is 0 Å². The minimum absolute atomic E-state index is 0.530. The van der Waals surface area contributed by atoms with Gasteiger partial charge in [-0.2, -0.15) is 0 Å². The predicted molar refractivity (Wildman–Crippen MR) is 61.5 cm³/mol. The standard InChI is InChI=1S/C12H11NOS/c1-9-3-2-4-10(5-9)6-12-13-11(7-14)8-15-12/h2-5,7-8H,6H2,1H3. The molecule has 76 valence electrons. The molecule has 0 radical (unpaired) electrons. The quantitative estimate of drug-likeness (QED) is 0.740. The molecule has 2 aromatic rings. The molecule has 0 bridgehead atoms. The van der Waals surface area contributed by atoms with Crippen molar-refractivity contribution in [2.24, 2.45) is 0 Å². The third kappa shape index (κ3) is 2.50. The SMILES string of the molecule is Cc1cccc(Cc2nc(C=O)cs2)c1. The van der Waals surface area contributed by atoms with E-state index in [2.05, 4.69) is 30.1 Å². The van der Waals surface area contributed by atoms with Crippen LogP contribution in [0.15, 0.2) is 29.6 Å². The molecule has 0 amide bonds. The Bertz CT molecular complexity index is 476. The van der Waals surface area contributed by atoms with Crippen molar-refractivity contribution < 1.29 is 4.79 Å². The Hall–Kier alpha value is -1.48. The molecule has 0 unspecified atom stereocenters. The number of aromatic nitrogens is 1. The summed E-state index contributed by atoms with van der Waals surface area (Å²) < 4.78 is 0. The average Bonchev–Trinajstić information content (AvgIpc) is 2.65. The number of nitrogens with zero attached hydrogens (tertiary/aromatic N) is 1. The Balaban J connectivity index is 2.18. The van der Waals surface area contributed by atoms with Crippen LogP contribution < -0.4 is 0 Å². The van der Waals surface area contributed by atoms with Gasteiger partial charge in [-0.15, -0.1) is 11.3 Å². The zero-order valence-corrected chi connectivity index (χ0v) is 9.25. The summed E-state index contributed by atoms with van der Waals surface area (Å²) in [5.41, 5.74) is 3.02. The first kappa shape index (κ1) is 10.1. The summed E-state index contributed by atoms with van der Waals surface area (Å²) in [6.07, 6.45) is 1.59. The molecule has 15 heavy (non-hydrogen) atoms. The third-order valence-corrected chi connectivity index (χ3v) is 3.00. The highest BCUT2D eigenvalue weighted by Crippen LogP contribution is 2.14. The highest BCUT2D eigenvalue weighted by atomic mass is 32.1. The Kier molecular flexibility index (Phi) is 2.92. The molecule has 3 heteroatoms. The molecule has 0 saturated carbocycles. The second kappa shape index (κ2) is 4.36. The van der Waals surface area contributed by atoms with Crippen LogP contribution in [0.3, 0.4) is 0 Å². The summed E-state index contributed by atoms with van der Waals surface area (Å²) in [7, 11) is 0. The monoisotopic (exact) mass is 217 g/mol. The highest BCUT2D eigenvalue weighted by molar-refractivity contribution is 7.09. The lowest BCUT2D eigenvalue weighted by atomic mass is 10.1. The number of aldehydes is 1. The largest absolute Gasteiger partial charge is 0.296 e. The lowest BCUT2D eigenvalue weighted by Crippen LogP contribution is -1.88. The summed E-state index contributed by atoms with van der Waals surface area (Å²) in [5, 5.41) is 2.78. The summed E-state index contributed by atoms with van der Waals surface area (Å²) in [6.45, 7) is 2.07. The fourth-order valence-electron chi connectivity index (χ4n) is 1.46. The van der Waals surface area contributed by atoms with Crippen LogP contribution in [0.5, 0.6) is 0 Å². The molecule has 2 nitrogen and oxygen atoms in total. The molecule has 0 saturated heterocycles. The van der Waals surface area contributed by atoms with Crippen LogP contribution in [0.1, 0.15) is 26.6 Å². The Labute approximate surface area is 92.6 Å². The zero-order valence-electron chi connectivity index (χ0n) is 8.43. The molecule has 0 atom stereocenters. The van der Waals surface area contributed by atoms with Gasteiger partial charge in [0.05, 0.1) is 5.01 Å². The third-order valence-electron chi connectivity index (χ3n) is 2.13. The van der Waals surface area contributed by atoms with E-state index in [-0.39, 0.29) is 0 Å². The van der Waals surface area contributed by atoms with Gasteiger partial charge in [0.15, 0.2) is 6.29 Å². The molecule has 0 aliphatic heterocycles. The lowest BCUT2D eigenvalue weighted by Gasteiger charge is -1.98. The van der Waals surface area contributed by atoms with E-state index in [1.807, 2.05) is 6.07 Å². The van der Waals surface area contributed by atoms with E-state index < -0.39 is 0 Å². The smallest absolute Gasteiger partial charge is 0.169 e. The van der Waals surface area contributed by atoms with Gasteiger partial charge in [-0.05, 0) is 12.5 Å². The molecular weight excluding hydrogens is 206 g/mol. The van der Waals surface area contributed by atoms with E-state index in [0.29, 0.717) is 5.69 Å². The van der Waals surface area contributed by atoms with Crippen molar-refractivity contribution in [3.05, 3.63) is 51.5 Å². The van der Waals surface area contributed by atoms with Crippen molar-refractivity contribution in [2.75, 3.05) is 0 Å². The van der Waals surface area contributed by atoms with Crippen molar-refractivity contribution in [2.45, 2.75) is 13.3 Å². The number of carbonyl (C=O) groups excluding carboxylic acids is 1. The first-order chi connectivity index (χ1) is 7.28. The molecule has 0 fully saturated rings. The van der Waals surface area contributed by atoms with E-state index in [1.54, 1.807) is 5.38 Å². The summed E-state index contributed by atoms with van der Waals surface area (Å²) >= 11 is 1.53. The number of aryl methyl sites for hydroxylation is 1. The first-order valence-corrected chi connectivity index (χ1v) is 5.61. The number of carbonyl (C=O) groups is 1. The summed E-state index contributed by atoms with van der Waals surface area (Å²) in [5.74, 6) is 0. The molecule has 1 aromatic heterocycles. The Morgan fingerprint density at radius 1 is 1.47 bits per heavy atom. The summed E-state index contributed by atoms with van der Waals surface area (Å²) in [4.78, 5) is 14.7. The molecule has 0 aliphatic rings. The van der Waals surface area contributed by atoms with E-state index in [1.165, 1.54) is 22.5 Å². The predicted octanol–water partition coefficient (Wildman–Crippen LogP) is 2.85. The van der Waals surface area contributed by atoms with Crippen molar-refractivity contribution in [1.29, 1.82) is 0 Å². The second-order valence-corrected chi connectivity index (χ2v) is 4.39. The van der Waals surface area contributed by atoms with Crippen LogP contribution in [0, 0.1) is 6.92 Å². The minimum Gasteiger partial charge on any atom is -0.296 e. The maximum absolute atomic E-state index is 10.5. The number of hydrogen-bond donors (Lipinski definition) is 0. The van der Waals surface area contributed by atoms with Crippen molar-refractivity contribution in [1.82, 2.24) is 4.98 Å². The van der Waals surface area contributed by atoms with Crippen molar-refractivity contribution in [3.63, 3.8) is 0 Å². The maximum Gasteiger partial charge on any atom is 0.169 e. The van der Waals surface area contributed by atoms with E-state index in [9.17, 15) is 4.79 Å². The van der Waals surface area contributed by atoms with Crippen molar-refractivity contribution >= 4 is 17.6 Å². The van der Waals surface area contributed by atoms with E-state index >= 15 is 0 Å². The Morgan fingerprint density at radius 2 is 2.33 bits per heavy atom. The number of thiazole rings is 1. The fraction of sp³-hybridized carbons (Fsp3) is 0.167. The van der Waals surface area contributed by atoms with Crippen molar-refractivity contribution in [3.8, 4) is 0 Å². The van der Waals surface area contributed by atoms with Gasteiger partial charge in [0, 0.05) is 11.8 Å². The van der Waals surface area contributed by atoms with Gasteiger partial charge < -0.3 is 0 Å². The number of benzene rings is 1. The minimum atomic E-state index is 0.530. The normalized spacial score (nSPS) is 10.2. The first-order valence-electron chi connectivity index (χ1n) is 4.73. The van der Waals surface area contributed by atoms with Gasteiger partial charge >= 0.3 is 0 Å². The lowest BCUT2D eigenvalue weighted by molar-refractivity contribution is 0.111. The maximum atomic E-state index is 10.5. The van der Waals surface area contributed by atoms with Crippen LogP contribution in [-0.4, -0.2) is 11.3 Å². The fourth-order valence-corrected chi connectivity index (χ4v) is 2.23. The van der Waals surface area contributed by atoms with Gasteiger partial charge in [0.25, 0.3) is 0 Å². The molecule has 0 spiro atoms. The van der Waals surface area contributed by atoms with E-state index in [4.69, 9.17) is 0 Å². The van der Waals surface area contributed by atoms with Crippen LogP contribution in [0.4, 0.5) is 0 Å². The number of hydrogen-bond acceptors (Lipinski definition) is 3. The second-order valence-electron chi connectivity index (χ2n) is 3.45. The van der Waals surface area contributed by atoms with Gasteiger partial charge in [-0.25, -0.2) is 4.98 Å². The Morgan fingerprint density at radius 3 is 3.00 bits per heavy atom.